The van der Waals surface area contributed by atoms with Gasteiger partial charge in [0, 0.05) is 20.1 Å². The Hall–Kier alpha value is -1.44. The van der Waals surface area contributed by atoms with Gasteiger partial charge in [-0.25, -0.2) is 18.4 Å². The maximum absolute atomic E-state index is 11.7. The summed E-state index contributed by atoms with van der Waals surface area (Å²) in [7, 11) is -2.28. The lowest BCUT2D eigenvalue weighted by Gasteiger charge is -2.07. The van der Waals surface area contributed by atoms with E-state index in [1.807, 2.05) is 0 Å². The molecule has 0 saturated heterocycles. The van der Waals surface area contributed by atoms with Crippen molar-refractivity contribution in [3.8, 4) is 0 Å². The van der Waals surface area contributed by atoms with Crippen LogP contribution in [0.25, 0.3) is 0 Å². The zero-order valence-electron chi connectivity index (χ0n) is 10.9. The summed E-state index contributed by atoms with van der Waals surface area (Å²) >= 11 is 0. The third-order valence-corrected chi connectivity index (χ3v) is 3.23. The van der Waals surface area contributed by atoms with Gasteiger partial charge in [0.2, 0.25) is 10.0 Å². The van der Waals surface area contributed by atoms with E-state index >= 15 is 0 Å². The molecule has 19 heavy (non-hydrogen) atoms. The molecule has 2 N–H and O–H groups in total. The molecule has 1 aromatic rings. The first kappa shape index (κ1) is 15.6. The topological polar surface area (TPSA) is 95.7 Å². The number of sulfonamides is 1. The average molecular weight is 287 g/mol. The molecule has 0 radical (unpaired) electrons. The van der Waals surface area contributed by atoms with Crippen LogP contribution in [0.5, 0.6) is 0 Å². The van der Waals surface area contributed by atoms with Gasteiger partial charge in [0.1, 0.15) is 0 Å². The Morgan fingerprint density at radius 1 is 1.26 bits per heavy atom. The highest BCUT2D eigenvalue weighted by molar-refractivity contribution is 7.89. The highest BCUT2D eigenvalue weighted by Gasteiger charge is 2.14. The Morgan fingerprint density at radius 2 is 1.95 bits per heavy atom. The molecule has 0 unspecified atom stereocenters. The molecule has 0 heterocycles. The lowest BCUT2D eigenvalue weighted by molar-refractivity contribution is 0.0468. The summed E-state index contributed by atoms with van der Waals surface area (Å²) in [4.78, 5) is 11.6. The van der Waals surface area contributed by atoms with Crippen LogP contribution in [0.15, 0.2) is 23.1 Å². The molecule has 7 heteroatoms. The second-order valence-corrected chi connectivity index (χ2v) is 5.62. The molecule has 0 atom stereocenters. The Morgan fingerprint density at radius 3 is 2.53 bits per heavy atom. The lowest BCUT2D eigenvalue weighted by atomic mass is 10.1. The van der Waals surface area contributed by atoms with Gasteiger partial charge in [-0.05, 0) is 30.7 Å². The van der Waals surface area contributed by atoms with E-state index in [0.29, 0.717) is 18.6 Å². The smallest absolute Gasteiger partial charge is 0.338 e. The monoisotopic (exact) mass is 287 g/mol. The van der Waals surface area contributed by atoms with Crippen LogP contribution in [0.1, 0.15) is 22.3 Å². The van der Waals surface area contributed by atoms with Crippen molar-refractivity contribution < 1.29 is 22.7 Å². The van der Waals surface area contributed by atoms with Crippen LogP contribution >= 0.6 is 0 Å². The van der Waals surface area contributed by atoms with Gasteiger partial charge in [0.05, 0.1) is 17.1 Å². The number of rotatable bonds is 6. The van der Waals surface area contributed by atoms with Crippen LogP contribution in [-0.2, 0) is 19.5 Å². The van der Waals surface area contributed by atoms with E-state index in [1.54, 1.807) is 20.1 Å². The van der Waals surface area contributed by atoms with E-state index in [9.17, 15) is 13.2 Å². The van der Waals surface area contributed by atoms with Crippen molar-refractivity contribution in [2.24, 2.45) is 5.14 Å². The number of methoxy groups -OCH3 is 1. The van der Waals surface area contributed by atoms with Crippen molar-refractivity contribution in [1.29, 1.82) is 0 Å². The standard InChI is InChI=1S/C12H17NO5S/c1-9-6-10(8-11(7-9)19(13,15)16)12(14)18-5-3-4-17-2/h6-8H,3-5H2,1-2H3,(H2,13,15,16). The fraction of sp³-hybridized carbons (Fsp3) is 0.417. The van der Waals surface area contributed by atoms with Gasteiger partial charge < -0.3 is 9.47 Å². The Kier molecular flexibility index (Phi) is 5.46. The minimum absolute atomic E-state index is 0.101. The molecule has 0 aliphatic carbocycles. The van der Waals surface area contributed by atoms with Crippen molar-refractivity contribution >= 4 is 16.0 Å². The number of hydrogen-bond donors (Lipinski definition) is 1. The number of benzene rings is 1. The highest BCUT2D eigenvalue weighted by atomic mass is 32.2. The molecular formula is C12H17NO5S. The molecule has 0 bridgehead atoms. The van der Waals surface area contributed by atoms with Crippen LogP contribution in [-0.4, -0.2) is 34.7 Å². The summed E-state index contributed by atoms with van der Waals surface area (Å²) in [6.07, 6.45) is 0.579. The van der Waals surface area contributed by atoms with Gasteiger partial charge in [-0.3, -0.25) is 0 Å². The molecule has 6 nitrogen and oxygen atoms in total. The first-order valence-corrected chi connectivity index (χ1v) is 7.20. The second kappa shape index (κ2) is 6.65. The van der Waals surface area contributed by atoms with E-state index in [-0.39, 0.29) is 17.1 Å². The van der Waals surface area contributed by atoms with Crippen molar-refractivity contribution in [1.82, 2.24) is 0 Å². The Bertz CT molecular complexity index is 553. The summed E-state index contributed by atoms with van der Waals surface area (Å²) in [6, 6.07) is 4.16. The fourth-order valence-electron chi connectivity index (χ4n) is 1.48. The van der Waals surface area contributed by atoms with E-state index in [0.717, 1.165) is 0 Å². The molecule has 0 aliphatic heterocycles. The predicted octanol–water partition coefficient (Wildman–Crippen LogP) is 0.836. The highest BCUT2D eigenvalue weighted by Crippen LogP contribution is 2.14. The minimum Gasteiger partial charge on any atom is -0.462 e. The summed E-state index contributed by atoms with van der Waals surface area (Å²) in [5, 5.41) is 5.04. The van der Waals surface area contributed by atoms with Crippen molar-refractivity contribution in [2.75, 3.05) is 20.3 Å². The fourth-order valence-corrected chi connectivity index (χ4v) is 2.12. The van der Waals surface area contributed by atoms with Crippen molar-refractivity contribution in [2.45, 2.75) is 18.2 Å². The number of aryl methyl sites for hydroxylation is 1. The van der Waals surface area contributed by atoms with Crippen LogP contribution in [0.2, 0.25) is 0 Å². The largest absolute Gasteiger partial charge is 0.462 e. The lowest BCUT2D eigenvalue weighted by Crippen LogP contribution is -2.14. The van der Waals surface area contributed by atoms with Crippen molar-refractivity contribution in [3.63, 3.8) is 0 Å². The zero-order chi connectivity index (χ0) is 14.5. The molecule has 0 amide bonds. The number of esters is 1. The SMILES string of the molecule is COCCCOC(=O)c1cc(C)cc(S(N)(=O)=O)c1. The van der Waals surface area contributed by atoms with Crippen LogP contribution in [0, 0.1) is 6.92 Å². The van der Waals surface area contributed by atoms with Gasteiger partial charge in [-0.15, -0.1) is 0 Å². The molecule has 106 valence electrons. The zero-order valence-corrected chi connectivity index (χ0v) is 11.7. The van der Waals surface area contributed by atoms with Gasteiger partial charge in [-0.1, -0.05) is 0 Å². The molecule has 1 aromatic carbocycles. The van der Waals surface area contributed by atoms with E-state index in [1.165, 1.54) is 12.1 Å². The average Bonchev–Trinajstić information content (AvgIpc) is 2.32. The summed E-state index contributed by atoms with van der Waals surface area (Å²) < 4.78 is 32.4. The van der Waals surface area contributed by atoms with Gasteiger partial charge in [-0.2, -0.15) is 0 Å². The number of ether oxygens (including phenoxy) is 2. The quantitative estimate of drug-likeness (QED) is 0.617. The summed E-state index contributed by atoms with van der Waals surface area (Å²) in [5.41, 5.74) is 0.789. The molecule has 0 aromatic heterocycles. The third-order valence-electron chi connectivity index (χ3n) is 2.34. The third kappa shape index (κ3) is 4.98. The number of nitrogens with two attached hydrogens (primary N) is 1. The number of primary sulfonamides is 1. The molecule has 1 rings (SSSR count). The number of hydrogen-bond acceptors (Lipinski definition) is 5. The Labute approximate surface area is 112 Å². The van der Waals surface area contributed by atoms with E-state index in [4.69, 9.17) is 14.6 Å². The molecule has 0 spiro atoms. The normalized spacial score (nSPS) is 11.3. The second-order valence-electron chi connectivity index (χ2n) is 4.06. The number of carbonyl (C=O) groups is 1. The summed E-state index contributed by atoms with van der Waals surface area (Å²) in [6.45, 7) is 2.38. The molecule has 0 aliphatic rings. The maximum atomic E-state index is 11.7. The molecular weight excluding hydrogens is 270 g/mol. The van der Waals surface area contributed by atoms with Gasteiger partial charge in [0.25, 0.3) is 0 Å². The molecule has 0 saturated carbocycles. The molecule has 0 fully saturated rings. The van der Waals surface area contributed by atoms with E-state index < -0.39 is 16.0 Å². The first-order valence-electron chi connectivity index (χ1n) is 5.65. The number of carbonyl (C=O) groups excluding carboxylic acids is 1. The van der Waals surface area contributed by atoms with Crippen LogP contribution in [0.3, 0.4) is 0 Å². The maximum Gasteiger partial charge on any atom is 0.338 e. The predicted molar refractivity (Wildman–Crippen MR) is 69.3 cm³/mol. The first-order chi connectivity index (χ1) is 8.84. The van der Waals surface area contributed by atoms with Crippen molar-refractivity contribution in [3.05, 3.63) is 29.3 Å². The summed E-state index contributed by atoms with van der Waals surface area (Å²) in [5.74, 6) is -0.579. The van der Waals surface area contributed by atoms with Crippen LogP contribution < -0.4 is 5.14 Å². The van der Waals surface area contributed by atoms with E-state index in [2.05, 4.69) is 0 Å². The Balaban J connectivity index is 2.83. The van der Waals surface area contributed by atoms with Gasteiger partial charge >= 0.3 is 5.97 Å². The minimum atomic E-state index is -3.84. The van der Waals surface area contributed by atoms with Gasteiger partial charge in [0.15, 0.2) is 0 Å². The van der Waals surface area contributed by atoms with Crippen LogP contribution in [0.4, 0.5) is 0 Å².